The lowest BCUT2D eigenvalue weighted by molar-refractivity contribution is 0.0769. The molecule has 90 valence electrons. The summed E-state index contributed by atoms with van der Waals surface area (Å²) in [6.45, 7) is 6.65. The van der Waals surface area contributed by atoms with Gasteiger partial charge in [-0.2, -0.15) is 5.10 Å². The molecule has 1 rings (SSSR count). The number of aryl methyl sites for hydroxylation is 2. The molecule has 16 heavy (non-hydrogen) atoms. The molecule has 0 spiro atoms. The minimum absolute atomic E-state index is 0.0747. The topological polar surface area (TPSA) is 64.2 Å². The number of nitrogens with two attached hydrogens (primary N) is 1. The van der Waals surface area contributed by atoms with Crippen LogP contribution in [0.4, 0.5) is 5.69 Å². The van der Waals surface area contributed by atoms with Gasteiger partial charge in [0.05, 0.1) is 11.4 Å². The first-order valence-corrected chi connectivity index (χ1v) is 5.39. The summed E-state index contributed by atoms with van der Waals surface area (Å²) in [4.78, 5) is 13.8. The maximum atomic E-state index is 12.1. The van der Waals surface area contributed by atoms with Crippen molar-refractivity contribution < 1.29 is 4.79 Å². The van der Waals surface area contributed by atoms with Gasteiger partial charge in [-0.1, -0.05) is 13.8 Å². The van der Waals surface area contributed by atoms with Gasteiger partial charge in [0.1, 0.15) is 5.69 Å². The van der Waals surface area contributed by atoms with Gasteiger partial charge in [-0.15, -0.1) is 0 Å². The normalized spacial score (nSPS) is 10.9. The third kappa shape index (κ3) is 2.35. The quantitative estimate of drug-likeness (QED) is 0.834. The van der Waals surface area contributed by atoms with E-state index in [1.807, 2.05) is 0 Å². The van der Waals surface area contributed by atoms with Crippen LogP contribution in [0.3, 0.4) is 0 Å². The number of rotatable bonds is 3. The van der Waals surface area contributed by atoms with E-state index in [0.29, 0.717) is 29.5 Å². The van der Waals surface area contributed by atoms with Gasteiger partial charge in [-0.25, -0.2) is 0 Å². The van der Waals surface area contributed by atoms with E-state index in [1.54, 1.807) is 30.6 Å². The van der Waals surface area contributed by atoms with Crippen molar-refractivity contribution in [1.82, 2.24) is 14.7 Å². The molecule has 0 saturated carbocycles. The third-order valence-corrected chi connectivity index (χ3v) is 2.46. The Balaban J connectivity index is 2.96. The highest BCUT2D eigenvalue weighted by molar-refractivity contribution is 5.97. The Hall–Kier alpha value is -1.52. The Kier molecular flexibility index (Phi) is 3.57. The summed E-state index contributed by atoms with van der Waals surface area (Å²) in [5, 5.41) is 4.14. The molecule has 0 aliphatic carbocycles. The van der Waals surface area contributed by atoms with E-state index < -0.39 is 0 Å². The van der Waals surface area contributed by atoms with Crippen molar-refractivity contribution >= 4 is 11.6 Å². The predicted molar refractivity (Wildman–Crippen MR) is 64.2 cm³/mol. The van der Waals surface area contributed by atoms with E-state index in [1.165, 1.54) is 0 Å². The number of nitrogen functional groups attached to an aromatic ring is 1. The van der Waals surface area contributed by atoms with E-state index >= 15 is 0 Å². The molecule has 0 aromatic carbocycles. The van der Waals surface area contributed by atoms with Crippen LogP contribution in [0.2, 0.25) is 0 Å². The van der Waals surface area contributed by atoms with E-state index in [0.717, 1.165) is 0 Å². The molecule has 0 aliphatic rings. The number of hydrogen-bond donors (Lipinski definition) is 1. The SMILES string of the molecule is Cc1nn(C)c(C(=O)N(C)CC(C)C)c1N. The van der Waals surface area contributed by atoms with E-state index in [-0.39, 0.29) is 5.91 Å². The molecule has 5 heteroatoms. The Bertz CT molecular complexity index is 395. The van der Waals surface area contributed by atoms with Crippen molar-refractivity contribution in [3.63, 3.8) is 0 Å². The van der Waals surface area contributed by atoms with Crippen molar-refractivity contribution in [3.05, 3.63) is 11.4 Å². The molecule has 1 heterocycles. The number of amides is 1. The number of anilines is 1. The zero-order valence-corrected chi connectivity index (χ0v) is 10.6. The van der Waals surface area contributed by atoms with Gasteiger partial charge in [0.25, 0.3) is 5.91 Å². The average Bonchev–Trinajstić information content (AvgIpc) is 2.39. The Morgan fingerprint density at radius 1 is 1.56 bits per heavy atom. The molecular formula is C11H20N4O. The van der Waals surface area contributed by atoms with Crippen molar-refractivity contribution in [2.45, 2.75) is 20.8 Å². The van der Waals surface area contributed by atoms with Crippen molar-refractivity contribution in [3.8, 4) is 0 Å². The monoisotopic (exact) mass is 224 g/mol. The fourth-order valence-electron chi connectivity index (χ4n) is 1.74. The average molecular weight is 224 g/mol. The zero-order valence-electron chi connectivity index (χ0n) is 10.6. The van der Waals surface area contributed by atoms with Crippen molar-refractivity contribution in [1.29, 1.82) is 0 Å². The van der Waals surface area contributed by atoms with Gasteiger partial charge in [0, 0.05) is 20.6 Å². The highest BCUT2D eigenvalue weighted by atomic mass is 16.2. The summed E-state index contributed by atoms with van der Waals surface area (Å²) in [7, 11) is 3.52. The summed E-state index contributed by atoms with van der Waals surface area (Å²) >= 11 is 0. The Morgan fingerprint density at radius 3 is 2.50 bits per heavy atom. The van der Waals surface area contributed by atoms with Crippen LogP contribution in [0.25, 0.3) is 0 Å². The van der Waals surface area contributed by atoms with Gasteiger partial charge >= 0.3 is 0 Å². The number of nitrogens with zero attached hydrogens (tertiary/aromatic N) is 3. The molecular weight excluding hydrogens is 204 g/mol. The van der Waals surface area contributed by atoms with Crippen LogP contribution in [0.15, 0.2) is 0 Å². The predicted octanol–water partition coefficient (Wildman–Crippen LogP) is 1.04. The van der Waals surface area contributed by atoms with E-state index in [9.17, 15) is 4.79 Å². The smallest absolute Gasteiger partial charge is 0.274 e. The largest absolute Gasteiger partial charge is 0.395 e. The molecule has 0 fully saturated rings. The van der Waals surface area contributed by atoms with Gasteiger partial charge in [-0.3, -0.25) is 9.48 Å². The second-order valence-electron chi connectivity index (χ2n) is 4.55. The minimum atomic E-state index is -0.0747. The minimum Gasteiger partial charge on any atom is -0.395 e. The molecule has 1 aromatic heterocycles. The van der Waals surface area contributed by atoms with E-state index in [4.69, 9.17) is 5.73 Å². The first-order chi connectivity index (χ1) is 7.34. The van der Waals surface area contributed by atoms with Gasteiger partial charge in [-0.05, 0) is 12.8 Å². The van der Waals surface area contributed by atoms with Crippen LogP contribution >= 0.6 is 0 Å². The fraction of sp³-hybridized carbons (Fsp3) is 0.636. The van der Waals surface area contributed by atoms with Crippen LogP contribution in [0, 0.1) is 12.8 Å². The summed E-state index contributed by atoms with van der Waals surface area (Å²) in [5.74, 6) is 0.360. The Labute approximate surface area is 96.2 Å². The standard InChI is InChI=1S/C11H20N4O/c1-7(2)6-14(4)11(16)10-9(12)8(3)13-15(10)5/h7H,6,12H2,1-5H3. The van der Waals surface area contributed by atoms with Crippen LogP contribution in [-0.4, -0.2) is 34.2 Å². The molecule has 0 bridgehead atoms. The van der Waals surface area contributed by atoms with Crippen LogP contribution in [-0.2, 0) is 7.05 Å². The van der Waals surface area contributed by atoms with Gasteiger partial charge in [0.2, 0.25) is 0 Å². The van der Waals surface area contributed by atoms with E-state index in [2.05, 4.69) is 18.9 Å². The third-order valence-electron chi connectivity index (χ3n) is 2.46. The lowest BCUT2D eigenvalue weighted by atomic mass is 10.2. The number of aromatic nitrogens is 2. The Morgan fingerprint density at radius 2 is 2.12 bits per heavy atom. The maximum Gasteiger partial charge on any atom is 0.274 e. The molecule has 0 aliphatic heterocycles. The second kappa shape index (κ2) is 4.55. The lowest BCUT2D eigenvalue weighted by Gasteiger charge is -2.19. The molecule has 1 amide bonds. The molecule has 5 nitrogen and oxygen atoms in total. The fourth-order valence-corrected chi connectivity index (χ4v) is 1.74. The highest BCUT2D eigenvalue weighted by Crippen LogP contribution is 2.17. The second-order valence-corrected chi connectivity index (χ2v) is 4.55. The molecule has 0 saturated heterocycles. The number of hydrogen-bond acceptors (Lipinski definition) is 3. The molecule has 1 aromatic rings. The van der Waals surface area contributed by atoms with Crippen molar-refractivity contribution in [2.75, 3.05) is 19.3 Å². The first-order valence-electron chi connectivity index (χ1n) is 5.39. The summed E-state index contributed by atoms with van der Waals surface area (Å²) in [5.41, 5.74) is 7.49. The van der Waals surface area contributed by atoms with Crippen LogP contribution in [0.5, 0.6) is 0 Å². The molecule has 0 radical (unpaired) electrons. The van der Waals surface area contributed by atoms with Crippen LogP contribution in [0.1, 0.15) is 30.0 Å². The number of carbonyl (C=O) groups excluding carboxylic acids is 1. The van der Waals surface area contributed by atoms with Crippen LogP contribution < -0.4 is 5.73 Å². The van der Waals surface area contributed by atoms with Crippen molar-refractivity contribution in [2.24, 2.45) is 13.0 Å². The molecule has 0 unspecified atom stereocenters. The maximum absolute atomic E-state index is 12.1. The van der Waals surface area contributed by atoms with Gasteiger partial charge < -0.3 is 10.6 Å². The first kappa shape index (κ1) is 12.5. The molecule has 0 atom stereocenters. The molecule has 2 N–H and O–H groups in total. The number of carbonyl (C=O) groups is 1. The van der Waals surface area contributed by atoms with Gasteiger partial charge in [0.15, 0.2) is 0 Å². The lowest BCUT2D eigenvalue weighted by Crippen LogP contribution is -2.32. The summed E-state index contributed by atoms with van der Waals surface area (Å²) < 4.78 is 1.55. The summed E-state index contributed by atoms with van der Waals surface area (Å²) in [6, 6.07) is 0. The summed E-state index contributed by atoms with van der Waals surface area (Å²) in [6.07, 6.45) is 0. The highest BCUT2D eigenvalue weighted by Gasteiger charge is 2.21. The zero-order chi connectivity index (χ0) is 12.5.